The number of fused-ring (bicyclic) bond motifs is 1. The van der Waals surface area contributed by atoms with Crippen LogP contribution in [0.15, 0.2) is 34.6 Å². The summed E-state index contributed by atoms with van der Waals surface area (Å²) in [7, 11) is -1.67. The minimum absolute atomic E-state index is 0.330. The van der Waals surface area contributed by atoms with Gasteiger partial charge in [0.15, 0.2) is 0 Å². The molecule has 1 heterocycles. The Kier molecular flexibility index (Phi) is 2.17. The molecule has 0 unspecified atom stereocenters. The zero-order valence-electron chi connectivity index (χ0n) is 7.73. The topological polar surface area (TPSA) is 43.4 Å². The van der Waals surface area contributed by atoms with E-state index in [2.05, 4.69) is 0 Å². The molecule has 0 aromatic heterocycles. The fraction of sp³-hybridized carbons (Fsp3) is 0.200. The van der Waals surface area contributed by atoms with E-state index < -0.39 is 9.84 Å². The zero-order valence-corrected chi connectivity index (χ0v) is 8.54. The van der Waals surface area contributed by atoms with Gasteiger partial charge in [-0.15, -0.1) is 0 Å². The maximum atomic E-state index is 11.6. The Bertz CT molecular complexity index is 486. The number of benzene rings is 1. The molecule has 0 amide bonds. The molecule has 0 aliphatic carbocycles. The van der Waals surface area contributed by atoms with E-state index >= 15 is 0 Å². The molecule has 0 N–H and O–H groups in total. The van der Waals surface area contributed by atoms with Crippen molar-refractivity contribution in [3.8, 4) is 0 Å². The molecule has 2 rings (SSSR count). The molecule has 0 fully saturated rings. The quantitative estimate of drug-likeness (QED) is 0.742. The van der Waals surface area contributed by atoms with Crippen LogP contribution >= 0.6 is 0 Å². The summed E-state index contributed by atoms with van der Waals surface area (Å²) in [4.78, 5) is 0.382. The summed E-state index contributed by atoms with van der Waals surface area (Å²) < 4.78 is 28.2. The first-order valence-corrected chi connectivity index (χ1v) is 5.74. The lowest BCUT2D eigenvalue weighted by Crippen LogP contribution is -1.92. The van der Waals surface area contributed by atoms with Crippen LogP contribution < -0.4 is 0 Å². The highest BCUT2D eigenvalue weighted by molar-refractivity contribution is 7.95. The molecule has 1 aromatic rings. The van der Waals surface area contributed by atoms with E-state index in [0.717, 1.165) is 11.1 Å². The molecule has 0 bridgehead atoms. The van der Waals surface area contributed by atoms with Gasteiger partial charge >= 0.3 is 0 Å². The number of ether oxygens (including phenoxy) is 1. The summed E-state index contributed by atoms with van der Waals surface area (Å²) in [6.07, 6.45) is 0. The Balaban J connectivity index is 2.61. The van der Waals surface area contributed by atoms with Crippen LogP contribution in [0, 0.1) is 0 Å². The first-order chi connectivity index (χ1) is 6.65. The summed E-state index contributed by atoms with van der Waals surface area (Å²) in [5.74, 6) is 0. The number of rotatable bonds is 2. The second kappa shape index (κ2) is 3.22. The number of hydrogen-bond acceptors (Lipinski definition) is 3. The molecule has 3 nitrogen and oxygen atoms in total. The Morgan fingerprint density at radius 3 is 2.71 bits per heavy atom. The SMILES string of the molecule is COCC1=CS(=O)(=O)c2ccccc21. The molecule has 4 heteroatoms. The van der Waals surface area contributed by atoms with E-state index in [1.165, 1.54) is 5.41 Å². The number of sulfone groups is 1. The van der Waals surface area contributed by atoms with Crippen molar-refractivity contribution in [2.24, 2.45) is 0 Å². The van der Waals surface area contributed by atoms with Crippen molar-refractivity contribution in [3.05, 3.63) is 35.2 Å². The molecule has 1 aliphatic rings. The van der Waals surface area contributed by atoms with E-state index in [1.54, 1.807) is 25.3 Å². The molecule has 0 saturated carbocycles. The zero-order chi connectivity index (χ0) is 10.2. The smallest absolute Gasteiger partial charge is 0.200 e. The first kappa shape index (κ1) is 9.43. The third kappa shape index (κ3) is 1.36. The third-order valence-corrected chi connectivity index (χ3v) is 3.70. The lowest BCUT2D eigenvalue weighted by atomic mass is 10.1. The number of hydrogen-bond donors (Lipinski definition) is 0. The fourth-order valence-corrected chi connectivity index (χ4v) is 3.03. The molecule has 1 aromatic carbocycles. The van der Waals surface area contributed by atoms with Crippen LogP contribution in [0.25, 0.3) is 5.57 Å². The van der Waals surface area contributed by atoms with Gasteiger partial charge < -0.3 is 4.74 Å². The van der Waals surface area contributed by atoms with Crippen molar-refractivity contribution in [1.82, 2.24) is 0 Å². The van der Waals surface area contributed by atoms with Crippen molar-refractivity contribution >= 4 is 15.4 Å². The second-order valence-corrected chi connectivity index (χ2v) is 4.88. The van der Waals surface area contributed by atoms with Gasteiger partial charge in [-0.2, -0.15) is 0 Å². The van der Waals surface area contributed by atoms with Gasteiger partial charge in [0.1, 0.15) is 0 Å². The molecular formula is C10H10O3S. The summed E-state index contributed by atoms with van der Waals surface area (Å²) in [6, 6.07) is 6.96. The highest BCUT2D eigenvalue weighted by Gasteiger charge is 2.25. The highest BCUT2D eigenvalue weighted by Crippen LogP contribution is 2.32. The van der Waals surface area contributed by atoms with Gasteiger partial charge in [-0.3, -0.25) is 0 Å². The molecular weight excluding hydrogens is 200 g/mol. The predicted octanol–water partition coefficient (Wildman–Crippen LogP) is 1.46. The summed E-state index contributed by atoms with van der Waals surface area (Å²) in [6.45, 7) is 0.330. The van der Waals surface area contributed by atoms with E-state index in [9.17, 15) is 8.42 Å². The van der Waals surface area contributed by atoms with Gasteiger partial charge in [-0.1, -0.05) is 18.2 Å². The van der Waals surface area contributed by atoms with E-state index in [0.29, 0.717) is 11.5 Å². The Hall–Kier alpha value is -1.13. The average Bonchev–Trinajstić information content (AvgIpc) is 2.41. The predicted molar refractivity (Wildman–Crippen MR) is 53.5 cm³/mol. The lowest BCUT2D eigenvalue weighted by molar-refractivity contribution is 0.240. The molecule has 1 aliphatic heterocycles. The number of methoxy groups -OCH3 is 1. The molecule has 74 valence electrons. The Morgan fingerprint density at radius 2 is 2.00 bits per heavy atom. The molecule has 0 radical (unpaired) electrons. The minimum Gasteiger partial charge on any atom is -0.380 e. The minimum atomic E-state index is -3.22. The fourth-order valence-electron chi connectivity index (χ4n) is 1.56. The Morgan fingerprint density at radius 1 is 1.29 bits per heavy atom. The first-order valence-electron chi connectivity index (χ1n) is 4.19. The van der Waals surface area contributed by atoms with Crippen LogP contribution in [0.1, 0.15) is 5.56 Å². The van der Waals surface area contributed by atoms with Crippen molar-refractivity contribution in [2.45, 2.75) is 4.90 Å². The molecule has 0 atom stereocenters. The van der Waals surface area contributed by atoms with Crippen molar-refractivity contribution < 1.29 is 13.2 Å². The van der Waals surface area contributed by atoms with Gasteiger partial charge in [-0.05, 0) is 17.2 Å². The standard InChI is InChI=1S/C10H10O3S/c1-13-6-8-7-14(11,12)10-5-3-2-4-9(8)10/h2-5,7H,6H2,1H3. The lowest BCUT2D eigenvalue weighted by Gasteiger charge is -2.01. The largest absolute Gasteiger partial charge is 0.380 e. The van der Waals surface area contributed by atoms with Crippen LogP contribution in [0.4, 0.5) is 0 Å². The Labute approximate surface area is 82.9 Å². The molecule has 0 saturated heterocycles. The van der Waals surface area contributed by atoms with Gasteiger partial charge in [0.25, 0.3) is 0 Å². The normalized spacial score (nSPS) is 17.6. The van der Waals surface area contributed by atoms with Gasteiger partial charge in [-0.25, -0.2) is 8.42 Å². The van der Waals surface area contributed by atoms with E-state index in [1.807, 2.05) is 6.07 Å². The summed E-state index contributed by atoms with van der Waals surface area (Å²) in [5.41, 5.74) is 1.48. The van der Waals surface area contributed by atoms with Crippen LogP contribution in [0.2, 0.25) is 0 Å². The van der Waals surface area contributed by atoms with Crippen LogP contribution in [-0.4, -0.2) is 22.1 Å². The van der Waals surface area contributed by atoms with Gasteiger partial charge in [0.05, 0.1) is 11.5 Å². The van der Waals surface area contributed by atoms with Gasteiger partial charge in [0, 0.05) is 12.5 Å². The average molecular weight is 210 g/mol. The van der Waals surface area contributed by atoms with Crippen molar-refractivity contribution in [1.29, 1.82) is 0 Å². The summed E-state index contributed by atoms with van der Waals surface area (Å²) in [5, 5.41) is 1.28. The monoisotopic (exact) mass is 210 g/mol. The highest BCUT2D eigenvalue weighted by atomic mass is 32.2. The second-order valence-electron chi connectivity index (χ2n) is 3.12. The van der Waals surface area contributed by atoms with Gasteiger partial charge in [0.2, 0.25) is 9.84 Å². The van der Waals surface area contributed by atoms with Crippen LogP contribution in [0.3, 0.4) is 0 Å². The molecule has 0 spiro atoms. The molecule has 14 heavy (non-hydrogen) atoms. The third-order valence-electron chi connectivity index (χ3n) is 2.14. The van der Waals surface area contributed by atoms with Crippen molar-refractivity contribution in [3.63, 3.8) is 0 Å². The van der Waals surface area contributed by atoms with E-state index in [-0.39, 0.29) is 0 Å². The van der Waals surface area contributed by atoms with Crippen LogP contribution in [0.5, 0.6) is 0 Å². The van der Waals surface area contributed by atoms with Crippen molar-refractivity contribution in [2.75, 3.05) is 13.7 Å². The maximum absolute atomic E-state index is 11.6. The summed E-state index contributed by atoms with van der Waals surface area (Å²) >= 11 is 0. The van der Waals surface area contributed by atoms with Crippen LogP contribution in [-0.2, 0) is 14.6 Å². The maximum Gasteiger partial charge on any atom is 0.200 e. The van der Waals surface area contributed by atoms with E-state index in [4.69, 9.17) is 4.74 Å².